The zero-order chi connectivity index (χ0) is 44.6. The predicted molar refractivity (Wildman–Crippen MR) is 233 cm³/mol. The van der Waals surface area contributed by atoms with E-state index in [-0.39, 0.29) is 19.8 Å². The number of benzene rings is 2. The monoisotopic (exact) mass is 875 g/mol. The lowest BCUT2D eigenvalue weighted by atomic mass is 10.0. The van der Waals surface area contributed by atoms with Crippen molar-refractivity contribution in [1.82, 2.24) is 0 Å². The third kappa shape index (κ3) is 26.9. The van der Waals surface area contributed by atoms with Crippen molar-refractivity contribution in [2.45, 2.75) is 32.1 Å². The molecule has 0 amide bonds. The second-order valence-electron chi connectivity index (χ2n) is 13.2. The average Bonchev–Trinajstić information content (AvgIpc) is 3.29. The maximum atomic E-state index is 11.1. The zero-order valence-corrected chi connectivity index (χ0v) is 37.1. The van der Waals surface area contributed by atoms with Crippen LogP contribution >= 0.6 is 0 Å². The number of unbranched alkanes of at least 4 members (excludes halogenated alkanes) is 4. The van der Waals surface area contributed by atoms with E-state index in [0.717, 1.165) is 32.1 Å². The maximum absolute atomic E-state index is 11.1. The van der Waals surface area contributed by atoms with Gasteiger partial charge in [-0.05, 0) is 66.4 Å². The quantitative estimate of drug-likeness (QED) is 0.0251. The Labute approximate surface area is 368 Å². The summed E-state index contributed by atoms with van der Waals surface area (Å²) >= 11 is 0. The molecule has 0 unspecified atom stereocenters. The van der Waals surface area contributed by atoms with Crippen LogP contribution in [0.5, 0.6) is 23.0 Å². The number of nitriles is 1. The summed E-state index contributed by atoms with van der Waals surface area (Å²) in [4.78, 5) is 11.1. The highest BCUT2D eigenvalue weighted by Crippen LogP contribution is 2.40. The molecule has 2 rings (SSSR count). The Bertz CT molecular complexity index is 1460. The molecule has 16 nitrogen and oxygen atoms in total. The molecule has 0 aliphatic heterocycles. The van der Waals surface area contributed by atoms with Gasteiger partial charge in [0.25, 0.3) is 0 Å². The highest BCUT2D eigenvalue weighted by Gasteiger charge is 2.17. The molecular weight excluding hydrogens is 806 g/mol. The predicted octanol–water partition coefficient (Wildman–Crippen LogP) is 5.98. The number of carbonyl (C=O) groups is 1. The molecular formula is C46H69NO15. The Balaban J connectivity index is 2.17. The van der Waals surface area contributed by atoms with Crippen LogP contribution in [-0.4, -0.2) is 159 Å². The smallest absolute Gasteiger partial charge is 0.330 e. The van der Waals surface area contributed by atoms with E-state index < -0.39 is 5.97 Å². The van der Waals surface area contributed by atoms with E-state index in [1.165, 1.54) is 6.08 Å². The highest BCUT2D eigenvalue weighted by atomic mass is 16.6. The van der Waals surface area contributed by atoms with Gasteiger partial charge in [-0.25, -0.2) is 4.79 Å². The van der Waals surface area contributed by atoms with Crippen molar-refractivity contribution < 1.29 is 71.1 Å². The van der Waals surface area contributed by atoms with Gasteiger partial charge in [-0.2, -0.15) is 5.26 Å². The van der Waals surface area contributed by atoms with E-state index in [4.69, 9.17) is 66.3 Å². The number of carbonyl (C=O) groups excluding carboxylic acids is 1. The first kappa shape index (κ1) is 53.9. The summed E-state index contributed by atoms with van der Waals surface area (Å²) in [6, 6.07) is 13.4. The van der Waals surface area contributed by atoms with Crippen LogP contribution in [0.2, 0.25) is 0 Å². The molecule has 0 aromatic heterocycles. The van der Waals surface area contributed by atoms with E-state index in [9.17, 15) is 10.1 Å². The van der Waals surface area contributed by atoms with Crippen molar-refractivity contribution in [2.75, 3.05) is 153 Å². The molecule has 2 aromatic carbocycles. The molecule has 16 heteroatoms. The summed E-state index contributed by atoms with van der Waals surface area (Å²) in [6.45, 7) is 11.4. The Morgan fingerprint density at radius 2 is 0.952 bits per heavy atom. The molecule has 348 valence electrons. The van der Waals surface area contributed by atoms with Crippen LogP contribution in [0.4, 0.5) is 0 Å². The molecule has 0 bridgehead atoms. The van der Waals surface area contributed by atoms with Crippen molar-refractivity contribution in [3.05, 3.63) is 60.2 Å². The summed E-state index contributed by atoms with van der Waals surface area (Å²) in [5.74, 6) is 1.51. The first-order chi connectivity index (χ1) is 30.6. The van der Waals surface area contributed by atoms with E-state index in [2.05, 4.69) is 12.6 Å². The molecule has 62 heavy (non-hydrogen) atoms. The number of methoxy groups -OCH3 is 3. The molecule has 0 aliphatic carbocycles. The number of hydrogen-bond acceptors (Lipinski definition) is 16. The van der Waals surface area contributed by atoms with E-state index in [0.29, 0.717) is 152 Å². The summed E-state index contributed by atoms with van der Waals surface area (Å²) in [7, 11) is 4.87. The van der Waals surface area contributed by atoms with Gasteiger partial charge in [0.05, 0.1) is 124 Å². The summed E-state index contributed by atoms with van der Waals surface area (Å²) in [5.41, 5.74) is 1.80. The zero-order valence-electron chi connectivity index (χ0n) is 37.1. The van der Waals surface area contributed by atoms with Crippen molar-refractivity contribution in [3.8, 4) is 29.1 Å². The Morgan fingerprint density at radius 3 is 1.40 bits per heavy atom. The number of hydrogen-bond donors (Lipinski definition) is 0. The lowest BCUT2D eigenvalue weighted by Crippen LogP contribution is -2.15. The van der Waals surface area contributed by atoms with Gasteiger partial charge in [-0.15, -0.1) is 0 Å². The van der Waals surface area contributed by atoms with Crippen molar-refractivity contribution in [2.24, 2.45) is 0 Å². The fourth-order valence-electron chi connectivity index (χ4n) is 5.29. The molecule has 0 atom stereocenters. The van der Waals surface area contributed by atoms with Gasteiger partial charge in [0.1, 0.15) is 25.6 Å². The van der Waals surface area contributed by atoms with Gasteiger partial charge in [0.2, 0.25) is 5.75 Å². The molecule has 0 heterocycles. The minimum absolute atomic E-state index is 0.206. The minimum atomic E-state index is -0.391. The third-order valence-corrected chi connectivity index (χ3v) is 8.46. The van der Waals surface area contributed by atoms with Crippen LogP contribution in [0.25, 0.3) is 11.6 Å². The maximum Gasteiger partial charge on any atom is 0.330 e. The third-order valence-electron chi connectivity index (χ3n) is 8.46. The van der Waals surface area contributed by atoms with Gasteiger partial charge in [-0.1, -0.05) is 25.8 Å². The molecule has 0 aliphatic rings. The van der Waals surface area contributed by atoms with Gasteiger partial charge < -0.3 is 66.3 Å². The molecule has 0 saturated carbocycles. The number of esters is 1. The second kappa shape index (κ2) is 38.4. The van der Waals surface area contributed by atoms with Gasteiger partial charge >= 0.3 is 5.97 Å². The van der Waals surface area contributed by atoms with Gasteiger partial charge in [-0.3, -0.25) is 0 Å². The van der Waals surface area contributed by atoms with Gasteiger partial charge in [0, 0.05) is 27.4 Å². The largest absolute Gasteiger partial charge is 0.494 e. The van der Waals surface area contributed by atoms with E-state index >= 15 is 0 Å². The van der Waals surface area contributed by atoms with Crippen molar-refractivity contribution in [1.29, 1.82) is 5.26 Å². The van der Waals surface area contributed by atoms with Crippen LogP contribution in [0, 0.1) is 11.3 Å². The lowest BCUT2D eigenvalue weighted by molar-refractivity contribution is -0.137. The fraction of sp³-hybridized carbons (Fsp3) is 0.609. The number of ether oxygens (including phenoxy) is 14. The van der Waals surface area contributed by atoms with Crippen LogP contribution in [0.1, 0.15) is 43.2 Å². The Hall–Kier alpha value is -4.28. The minimum Gasteiger partial charge on any atom is -0.494 e. The number of nitrogens with zero attached hydrogens (tertiary/aromatic N) is 1. The Kier molecular flexibility index (Phi) is 33.4. The van der Waals surface area contributed by atoms with Crippen molar-refractivity contribution in [3.63, 3.8) is 0 Å². The molecule has 2 aromatic rings. The SMILES string of the molecule is C=CC(=O)OCCCCCCCOc1ccc(/C(C#N)=C/c2cc(OCCOCCOCCOC)c(OCCOCCOCCOC)c(OCCOCCOCCOC)c2)cc1. The molecule has 0 N–H and O–H groups in total. The summed E-state index contributed by atoms with van der Waals surface area (Å²) in [5, 5.41) is 10.3. The topological polar surface area (TPSA) is 170 Å². The first-order valence-electron chi connectivity index (χ1n) is 21.2. The van der Waals surface area contributed by atoms with Crippen LogP contribution < -0.4 is 18.9 Å². The van der Waals surface area contributed by atoms with Crippen LogP contribution in [0.3, 0.4) is 0 Å². The number of rotatable bonds is 42. The fourth-order valence-corrected chi connectivity index (χ4v) is 5.29. The second-order valence-corrected chi connectivity index (χ2v) is 13.2. The molecule has 0 fully saturated rings. The molecule has 0 spiro atoms. The highest BCUT2D eigenvalue weighted by molar-refractivity contribution is 5.90. The van der Waals surface area contributed by atoms with Crippen molar-refractivity contribution >= 4 is 17.6 Å². The van der Waals surface area contributed by atoms with Crippen LogP contribution in [-0.2, 0) is 52.2 Å². The van der Waals surface area contributed by atoms with Crippen LogP contribution in [0.15, 0.2) is 49.1 Å². The normalized spacial score (nSPS) is 11.3. The first-order valence-corrected chi connectivity index (χ1v) is 21.2. The van der Waals surface area contributed by atoms with Gasteiger partial charge in [0.15, 0.2) is 11.5 Å². The summed E-state index contributed by atoms with van der Waals surface area (Å²) < 4.78 is 78.3. The molecule has 0 radical (unpaired) electrons. The molecule has 0 saturated heterocycles. The standard InChI is InChI=1S/C46H69NO15/c1-5-45(48)61-16-10-8-6-7-9-15-58-42-13-11-40(12-14-42)41(38-47)35-39-36-43(59-32-29-55-26-23-52-20-17-49-2)46(62-34-31-57-28-25-54-22-19-51-4)44(37-39)60-33-30-56-27-24-53-21-18-50-3/h5,11-14,35-37H,1,6-10,15-34H2,2-4H3/b41-35+. The lowest BCUT2D eigenvalue weighted by Gasteiger charge is -2.19. The summed E-state index contributed by atoms with van der Waals surface area (Å²) in [6.07, 6.45) is 7.66. The number of allylic oxidation sites excluding steroid dienone is 1. The Morgan fingerprint density at radius 1 is 0.532 bits per heavy atom. The van der Waals surface area contributed by atoms with E-state index in [1.54, 1.807) is 39.5 Å². The van der Waals surface area contributed by atoms with E-state index in [1.807, 2.05) is 24.3 Å². The average molecular weight is 876 g/mol.